The summed E-state index contributed by atoms with van der Waals surface area (Å²) in [6.07, 6.45) is 16.3. The van der Waals surface area contributed by atoms with Crippen molar-refractivity contribution in [1.29, 1.82) is 5.26 Å². The highest BCUT2D eigenvalue weighted by molar-refractivity contribution is 7.47. The summed E-state index contributed by atoms with van der Waals surface area (Å²) in [6, 6.07) is 7.66. The molecule has 1 aliphatic heterocycles. The van der Waals surface area contributed by atoms with Crippen LogP contribution in [-0.4, -0.2) is 80.5 Å². The van der Waals surface area contributed by atoms with Crippen molar-refractivity contribution in [2.45, 2.75) is 153 Å². The average molecular weight is 854 g/mol. The molecule has 0 saturated carbocycles. The lowest BCUT2D eigenvalue weighted by atomic mass is 9.93. The lowest BCUT2D eigenvalue weighted by Crippen LogP contribution is -2.39. The van der Waals surface area contributed by atoms with Crippen LogP contribution < -0.4 is 5.73 Å². The third-order valence-corrected chi connectivity index (χ3v) is 12.0. The van der Waals surface area contributed by atoms with Crippen molar-refractivity contribution in [2.24, 2.45) is 0 Å². The van der Waals surface area contributed by atoms with Crippen molar-refractivity contribution in [3.63, 3.8) is 0 Å². The van der Waals surface area contributed by atoms with E-state index in [1.165, 1.54) is 100 Å². The molecular formula is C41H62ClFN5O9P. The van der Waals surface area contributed by atoms with E-state index < -0.39 is 56.9 Å². The Morgan fingerprint density at radius 2 is 1.62 bits per heavy atom. The second kappa shape index (κ2) is 24.5. The summed E-state index contributed by atoms with van der Waals surface area (Å²) in [4.78, 5) is 14.5. The smallest absolute Gasteiger partial charge is 0.387 e. The minimum atomic E-state index is -4.76. The van der Waals surface area contributed by atoms with E-state index in [1.54, 1.807) is 19.1 Å². The van der Waals surface area contributed by atoms with Gasteiger partial charge in [0.25, 0.3) is 0 Å². The number of nitrogens with zero attached hydrogens (tertiary/aromatic N) is 4. The van der Waals surface area contributed by atoms with E-state index in [4.69, 9.17) is 40.6 Å². The second-order valence-electron chi connectivity index (χ2n) is 15.3. The van der Waals surface area contributed by atoms with Gasteiger partial charge in [0, 0.05) is 6.61 Å². The van der Waals surface area contributed by atoms with Gasteiger partial charge in [-0.2, -0.15) is 10.4 Å². The monoisotopic (exact) mass is 853 g/mol. The van der Waals surface area contributed by atoms with Crippen LogP contribution in [0.4, 0.5) is 10.2 Å². The molecule has 58 heavy (non-hydrogen) atoms. The van der Waals surface area contributed by atoms with Crippen molar-refractivity contribution in [3.8, 4) is 6.07 Å². The third kappa shape index (κ3) is 14.5. The van der Waals surface area contributed by atoms with Gasteiger partial charge in [0.05, 0.1) is 42.7 Å². The van der Waals surface area contributed by atoms with E-state index in [2.05, 4.69) is 17.0 Å². The van der Waals surface area contributed by atoms with Crippen molar-refractivity contribution < 1.29 is 47.3 Å². The highest BCUT2D eigenvalue weighted by Crippen LogP contribution is 2.46. The van der Waals surface area contributed by atoms with Crippen LogP contribution in [0, 0.1) is 17.1 Å². The van der Waals surface area contributed by atoms with Gasteiger partial charge in [-0.25, -0.2) is 18.5 Å². The maximum atomic E-state index is 14.3. The number of fused-ring (bicyclic) bond motifs is 1. The zero-order valence-electron chi connectivity index (χ0n) is 33.9. The number of aromatic nitrogens is 3. The van der Waals surface area contributed by atoms with Gasteiger partial charge in [-0.15, -0.1) is 0 Å². The van der Waals surface area contributed by atoms with Gasteiger partial charge in [-0.3, -0.25) is 9.05 Å². The van der Waals surface area contributed by atoms with Gasteiger partial charge in [0.15, 0.2) is 5.82 Å². The Balaban J connectivity index is 1.20. The Bertz CT molecular complexity index is 1780. The Kier molecular flexibility index (Phi) is 20.2. The highest BCUT2D eigenvalue weighted by atomic mass is 35.5. The molecule has 1 aromatic carbocycles. The van der Waals surface area contributed by atoms with E-state index in [0.717, 1.165) is 25.3 Å². The first-order chi connectivity index (χ1) is 27.9. The molecule has 324 valence electrons. The SMILES string of the molecule is CCCCCCCCCCCCCCCCCCOC[C@H](COP(=O)(O)OC[C@H]1O[C@@](C)(c2ccc3c(N)ncnn23)[C@H](O)[C@@H]1O)OCc1cc(F)c(Cl)c(C#N)c1. The summed E-state index contributed by atoms with van der Waals surface area (Å²) in [6.45, 7) is 3.01. The molecule has 0 spiro atoms. The molecule has 17 heteroatoms. The fraction of sp³-hybridized carbons (Fsp3) is 0.683. The molecule has 6 atom stereocenters. The number of phosphoric acid groups is 1. The number of nitrogens with two attached hydrogens (primary N) is 1. The fourth-order valence-corrected chi connectivity index (χ4v) is 8.09. The average Bonchev–Trinajstić information content (AvgIpc) is 3.75. The van der Waals surface area contributed by atoms with Gasteiger partial charge >= 0.3 is 7.82 Å². The molecule has 0 amide bonds. The third-order valence-electron chi connectivity index (χ3n) is 10.6. The summed E-state index contributed by atoms with van der Waals surface area (Å²) in [5.41, 5.74) is 5.56. The van der Waals surface area contributed by atoms with Crippen LogP contribution in [0.15, 0.2) is 30.6 Å². The topological polar surface area (TPSA) is 204 Å². The molecule has 4 rings (SSSR count). The number of halogens is 2. The number of nitriles is 1. The number of hydrogen-bond donors (Lipinski definition) is 4. The quantitative estimate of drug-likeness (QED) is 0.0384. The molecule has 0 bridgehead atoms. The lowest BCUT2D eigenvalue weighted by molar-refractivity contribution is -0.0901. The van der Waals surface area contributed by atoms with Gasteiger partial charge in [-0.05, 0) is 43.2 Å². The first-order valence-electron chi connectivity index (χ1n) is 20.7. The van der Waals surface area contributed by atoms with Crippen molar-refractivity contribution in [3.05, 3.63) is 58.3 Å². The van der Waals surface area contributed by atoms with Gasteiger partial charge in [0.2, 0.25) is 0 Å². The molecule has 3 heterocycles. The van der Waals surface area contributed by atoms with Gasteiger partial charge in [-0.1, -0.05) is 115 Å². The Hall–Kier alpha value is -2.74. The summed E-state index contributed by atoms with van der Waals surface area (Å²) < 4.78 is 57.0. The van der Waals surface area contributed by atoms with Gasteiger partial charge in [0.1, 0.15) is 53.7 Å². The highest BCUT2D eigenvalue weighted by Gasteiger charge is 2.54. The number of anilines is 1. The minimum Gasteiger partial charge on any atom is -0.387 e. The first-order valence-corrected chi connectivity index (χ1v) is 22.6. The zero-order valence-corrected chi connectivity index (χ0v) is 35.6. The van der Waals surface area contributed by atoms with E-state index >= 15 is 0 Å². The Labute approximate surface area is 346 Å². The number of benzene rings is 1. The Morgan fingerprint density at radius 3 is 2.24 bits per heavy atom. The van der Waals surface area contributed by atoms with Crippen LogP contribution in [0.3, 0.4) is 0 Å². The zero-order chi connectivity index (χ0) is 42.0. The largest absolute Gasteiger partial charge is 0.472 e. The number of rotatable bonds is 29. The second-order valence-corrected chi connectivity index (χ2v) is 17.1. The number of aliphatic hydroxyl groups is 2. The molecule has 1 saturated heterocycles. The molecule has 3 aromatic rings. The maximum Gasteiger partial charge on any atom is 0.472 e. The summed E-state index contributed by atoms with van der Waals surface area (Å²) in [5, 5.41) is 35.0. The number of ether oxygens (including phenoxy) is 3. The molecule has 5 N–H and O–H groups in total. The van der Waals surface area contributed by atoms with Crippen molar-refractivity contribution in [2.75, 3.05) is 32.2 Å². The minimum absolute atomic E-state index is 0.00570. The Morgan fingerprint density at radius 1 is 1.00 bits per heavy atom. The van der Waals surface area contributed by atoms with Gasteiger partial charge < -0.3 is 35.1 Å². The molecule has 14 nitrogen and oxygen atoms in total. The number of hydrogen-bond acceptors (Lipinski definition) is 12. The van der Waals surface area contributed by atoms with Crippen LogP contribution in [0.25, 0.3) is 5.52 Å². The first kappa shape index (κ1) is 47.9. The number of phosphoric ester groups is 1. The summed E-state index contributed by atoms with van der Waals surface area (Å²) >= 11 is 5.88. The maximum absolute atomic E-state index is 14.3. The van der Waals surface area contributed by atoms with E-state index in [9.17, 15) is 29.3 Å². The fourth-order valence-electron chi connectivity index (χ4n) is 7.17. The number of nitrogen functional groups attached to an aromatic ring is 1. The van der Waals surface area contributed by atoms with E-state index in [-0.39, 0.29) is 29.6 Å². The summed E-state index contributed by atoms with van der Waals surface area (Å²) in [5.74, 6) is -0.573. The lowest BCUT2D eigenvalue weighted by Gasteiger charge is -2.27. The van der Waals surface area contributed by atoms with Crippen LogP contribution in [0.1, 0.15) is 133 Å². The molecule has 0 radical (unpaired) electrons. The van der Waals surface area contributed by atoms with E-state index in [0.29, 0.717) is 23.4 Å². The normalized spacial score (nSPS) is 21.0. The predicted molar refractivity (Wildman–Crippen MR) is 218 cm³/mol. The molecule has 0 aliphatic carbocycles. The van der Waals surface area contributed by atoms with Crippen LogP contribution in [-0.2, 0) is 40.0 Å². The molecule has 1 aliphatic rings. The van der Waals surface area contributed by atoms with Crippen LogP contribution in [0.2, 0.25) is 5.02 Å². The molecule has 1 unspecified atom stereocenters. The van der Waals surface area contributed by atoms with E-state index in [1.807, 2.05) is 6.07 Å². The number of unbranched alkanes of at least 4 members (excludes halogenated alkanes) is 15. The van der Waals surface area contributed by atoms with Crippen LogP contribution >= 0.6 is 19.4 Å². The van der Waals surface area contributed by atoms with Crippen molar-refractivity contribution in [1.82, 2.24) is 14.6 Å². The predicted octanol–water partition coefficient (Wildman–Crippen LogP) is 8.31. The molecular weight excluding hydrogens is 792 g/mol. The molecule has 2 aromatic heterocycles. The number of aliphatic hydroxyl groups excluding tert-OH is 2. The summed E-state index contributed by atoms with van der Waals surface area (Å²) in [7, 11) is -4.76. The van der Waals surface area contributed by atoms with Crippen molar-refractivity contribution >= 4 is 30.8 Å². The standard InChI is InChI=1S/C41H62ClFN5O9P/c1-3-4-5-6-7-8-9-10-11-12-13-14-15-16-17-18-21-53-26-32(54-25-30-22-31(24-44)37(42)33(43)23-30)27-55-58(51,52)56-28-35-38(49)39(50)41(2,57-35)36-20-19-34-40(45)46-29-47-48(34)36/h19-20,22-23,29,32,35,38-39,49-50H,3-18,21,25-28H2,1-2H3,(H,51,52)(H2,45,46,47)/t32-,35-,38-,39-,41+/m1/s1. The van der Waals surface area contributed by atoms with Crippen LogP contribution in [0.5, 0.6) is 0 Å². The molecule has 1 fully saturated rings.